The Morgan fingerprint density at radius 3 is 3.06 bits per heavy atom. The Bertz CT molecular complexity index is 1360. The zero-order valence-corrected chi connectivity index (χ0v) is 20.0. The lowest BCUT2D eigenvalue weighted by molar-refractivity contribution is 0.509. The Morgan fingerprint density at radius 1 is 1.47 bits per heavy atom. The van der Waals surface area contributed by atoms with Crippen LogP contribution in [0.2, 0.25) is 0 Å². The fraction of sp³-hybridized carbons (Fsp3) is 0.391. The molecule has 32 heavy (non-hydrogen) atoms. The number of hydrogen-bond acceptors (Lipinski definition) is 7. The summed E-state index contributed by atoms with van der Waals surface area (Å²) in [5.74, 6) is 2.85. The Hall–Kier alpha value is -2.65. The van der Waals surface area contributed by atoms with E-state index in [4.69, 9.17) is 9.40 Å². The van der Waals surface area contributed by atoms with E-state index in [1.54, 1.807) is 17.6 Å². The van der Waals surface area contributed by atoms with Crippen LogP contribution in [0.5, 0.6) is 0 Å². The van der Waals surface area contributed by atoms with E-state index in [0.29, 0.717) is 18.3 Å². The van der Waals surface area contributed by atoms with Crippen molar-refractivity contribution in [3.05, 3.63) is 57.4 Å². The summed E-state index contributed by atoms with van der Waals surface area (Å²) in [5, 5.41) is 10.2. The van der Waals surface area contributed by atoms with Gasteiger partial charge >= 0.3 is 0 Å². The molecule has 0 spiro atoms. The van der Waals surface area contributed by atoms with Gasteiger partial charge in [0.1, 0.15) is 16.4 Å². The van der Waals surface area contributed by atoms with E-state index in [9.17, 15) is 4.79 Å². The van der Waals surface area contributed by atoms with Crippen LogP contribution < -0.4 is 5.56 Å². The molecule has 166 valence electrons. The predicted molar refractivity (Wildman–Crippen MR) is 128 cm³/mol. The summed E-state index contributed by atoms with van der Waals surface area (Å²) in [4.78, 5) is 23.0. The number of furan rings is 1. The van der Waals surface area contributed by atoms with Gasteiger partial charge in [-0.1, -0.05) is 24.8 Å². The number of allylic oxidation sites excluding steroid dienone is 1. The molecule has 2 unspecified atom stereocenters. The highest BCUT2D eigenvalue weighted by atomic mass is 32.2. The molecule has 0 aromatic carbocycles. The molecular formula is C23H25N5O2S2. The van der Waals surface area contributed by atoms with E-state index in [0.717, 1.165) is 51.8 Å². The Kier molecular flexibility index (Phi) is 5.54. The fourth-order valence-corrected chi connectivity index (χ4v) is 6.56. The predicted octanol–water partition coefficient (Wildman–Crippen LogP) is 5.31. The molecule has 9 heteroatoms. The van der Waals surface area contributed by atoms with Crippen LogP contribution in [0.4, 0.5) is 0 Å². The molecule has 7 nitrogen and oxygen atoms in total. The lowest BCUT2D eigenvalue weighted by atomic mass is 9.89. The standard InChI is InChI=1S/C23H25N5O2S2/c1-5-9-28-20(15-8-10-30-13(15)3)26-27-23(28)31-14(4)19-24-21(29)18-16-7-6-12(2)11-17(16)32-22(18)25-19/h5,8,10,12,14H,1,6-7,9,11H2,2-4H3,(H,24,25,29). The average molecular weight is 468 g/mol. The number of aryl methyl sites for hydroxylation is 2. The molecule has 0 aliphatic heterocycles. The maximum Gasteiger partial charge on any atom is 0.259 e. The van der Waals surface area contributed by atoms with Gasteiger partial charge in [0, 0.05) is 11.4 Å². The second kappa shape index (κ2) is 8.37. The zero-order chi connectivity index (χ0) is 22.4. The van der Waals surface area contributed by atoms with Crippen LogP contribution in [0.15, 0.2) is 39.4 Å². The monoisotopic (exact) mass is 467 g/mol. The van der Waals surface area contributed by atoms with Gasteiger partial charge < -0.3 is 9.40 Å². The molecule has 5 rings (SSSR count). The van der Waals surface area contributed by atoms with Crippen molar-refractivity contribution in [2.24, 2.45) is 5.92 Å². The first kappa shape index (κ1) is 21.2. The largest absolute Gasteiger partial charge is 0.469 e. The maximum absolute atomic E-state index is 13.0. The summed E-state index contributed by atoms with van der Waals surface area (Å²) in [6, 6.07) is 1.89. The summed E-state index contributed by atoms with van der Waals surface area (Å²) < 4.78 is 7.45. The van der Waals surface area contributed by atoms with Gasteiger partial charge in [-0.15, -0.1) is 28.1 Å². The lowest BCUT2D eigenvalue weighted by Crippen LogP contribution is -2.15. The lowest BCUT2D eigenvalue weighted by Gasteiger charge is -2.17. The van der Waals surface area contributed by atoms with Crippen molar-refractivity contribution in [2.75, 3.05) is 0 Å². The number of H-pyrrole nitrogens is 1. The van der Waals surface area contributed by atoms with Crippen molar-refractivity contribution in [3.63, 3.8) is 0 Å². The van der Waals surface area contributed by atoms with Gasteiger partial charge in [0.2, 0.25) is 0 Å². The molecule has 2 atom stereocenters. The van der Waals surface area contributed by atoms with Crippen LogP contribution in [0.1, 0.15) is 47.5 Å². The van der Waals surface area contributed by atoms with E-state index >= 15 is 0 Å². The summed E-state index contributed by atoms with van der Waals surface area (Å²) in [6.07, 6.45) is 6.60. The molecule has 0 saturated carbocycles. The Morgan fingerprint density at radius 2 is 2.31 bits per heavy atom. The highest BCUT2D eigenvalue weighted by molar-refractivity contribution is 7.99. The molecule has 4 aromatic rings. The summed E-state index contributed by atoms with van der Waals surface area (Å²) >= 11 is 3.20. The molecule has 1 aliphatic rings. The van der Waals surface area contributed by atoms with Crippen LogP contribution in [0, 0.1) is 12.8 Å². The van der Waals surface area contributed by atoms with Crippen LogP contribution >= 0.6 is 23.1 Å². The minimum Gasteiger partial charge on any atom is -0.469 e. The van der Waals surface area contributed by atoms with E-state index in [1.165, 1.54) is 22.2 Å². The van der Waals surface area contributed by atoms with Crippen LogP contribution in [0.25, 0.3) is 21.6 Å². The Balaban J connectivity index is 1.48. The summed E-state index contributed by atoms with van der Waals surface area (Å²) in [6.45, 7) is 10.6. The number of rotatable bonds is 6. The van der Waals surface area contributed by atoms with Crippen LogP contribution in [0.3, 0.4) is 0 Å². The molecule has 1 aliphatic carbocycles. The molecule has 4 heterocycles. The van der Waals surface area contributed by atoms with Crippen molar-refractivity contribution in [3.8, 4) is 11.4 Å². The molecule has 0 amide bonds. The zero-order valence-electron chi connectivity index (χ0n) is 18.3. The molecule has 4 aromatic heterocycles. The van der Waals surface area contributed by atoms with Crippen LogP contribution in [-0.4, -0.2) is 24.7 Å². The van der Waals surface area contributed by atoms with Gasteiger partial charge in [0.15, 0.2) is 11.0 Å². The van der Waals surface area contributed by atoms with Crippen molar-refractivity contribution < 1.29 is 4.42 Å². The van der Waals surface area contributed by atoms with Gasteiger partial charge in [0.25, 0.3) is 5.56 Å². The molecule has 1 N–H and O–H groups in total. The van der Waals surface area contributed by atoms with Gasteiger partial charge in [-0.3, -0.25) is 9.36 Å². The average Bonchev–Trinajstić information content (AvgIpc) is 3.45. The molecule has 0 saturated heterocycles. The van der Waals surface area contributed by atoms with Crippen molar-refractivity contribution in [1.82, 2.24) is 24.7 Å². The van der Waals surface area contributed by atoms with E-state index < -0.39 is 0 Å². The number of aromatic amines is 1. The second-order valence-electron chi connectivity index (χ2n) is 8.34. The number of thioether (sulfide) groups is 1. The Labute approximate surface area is 194 Å². The maximum atomic E-state index is 13.0. The highest BCUT2D eigenvalue weighted by Crippen LogP contribution is 2.38. The minimum atomic E-state index is -0.101. The molecule has 0 fully saturated rings. The first-order chi connectivity index (χ1) is 15.5. The van der Waals surface area contributed by atoms with Gasteiger partial charge in [0.05, 0.1) is 22.5 Å². The van der Waals surface area contributed by atoms with E-state index in [1.807, 2.05) is 30.6 Å². The number of thiophene rings is 1. The quantitative estimate of drug-likeness (QED) is 0.305. The normalized spacial score (nSPS) is 16.9. The third-order valence-electron chi connectivity index (χ3n) is 5.98. The number of nitrogens with one attached hydrogen (secondary N) is 1. The SMILES string of the molecule is C=CCn1c(SC(C)c2nc3sc4c(c3c(=O)[nH]2)CCC(C)C4)nnc1-c1ccoc1C. The number of fused-ring (bicyclic) bond motifs is 3. The number of nitrogens with zero attached hydrogens (tertiary/aromatic N) is 4. The van der Waals surface area contributed by atoms with Crippen molar-refractivity contribution in [1.29, 1.82) is 0 Å². The molecule has 0 bridgehead atoms. The third-order valence-corrected chi connectivity index (χ3v) is 8.22. The smallest absolute Gasteiger partial charge is 0.259 e. The first-order valence-corrected chi connectivity index (χ1v) is 12.5. The number of aromatic nitrogens is 5. The van der Waals surface area contributed by atoms with Gasteiger partial charge in [-0.05, 0) is 50.7 Å². The second-order valence-corrected chi connectivity index (χ2v) is 10.7. The molecule has 0 radical (unpaired) electrons. The van der Waals surface area contributed by atoms with E-state index in [-0.39, 0.29) is 10.8 Å². The summed E-state index contributed by atoms with van der Waals surface area (Å²) in [5.41, 5.74) is 2.08. The highest BCUT2D eigenvalue weighted by Gasteiger charge is 2.25. The van der Waals surface area contributed by atoms with Crippen molar-refractivity contribution >= 4 is 33.3 Å². The summed E-state index contributed by atoms with van der Waals surface area (Å²) in [7, 11) is 0. The number of hydrogen-bond donors (Lipinski definition) is 1. The first-order valence-electron chi connectivity index (χ1n) is 10.8. The topological polar surface area (TPSA) is 89.6 Å². The minimum absolute atomic E-state index is 0.0354. The van der Waals surface area contributed by atoms with Crippen molar-refractivity contribution in [2.45, 2.75) is 57.0 Å². The van der Waals surface area contributed by atoms with E-state index in [2.05, 4.69) is 28.7 Å². The van der Waals surface area contributed by atoms with Crippen LogP contribution in [-0.2, 0) is 19.4 Å². The fourth-order valence-electron chi connectivity index (χ4n) is 4.26. The van der Waals surface area contributed by atoms with Gasteiger partial charge in [-0.2, -0.15) is 0 Å². The van der Waals surface area contributed by atoms with Gasteiger partial charge in [-0.25, -0.2) is 4.98 Å². The third kappa shape index (κ3) is 3.63. The molecular weight excluding hydrogens is 442 g/mol.